The predicted octanol–water partition coefficient (Wildman–Crippen LogP) is 24.1. The summed E-state index contributed by atoms with van der Waals surface area (Å²) < 4.78 is 0. The smallest absolute Gasteiger partial charge is 0.00987 e. The summed E-state index contributed by atoms with van der Waals surface area (Å²) in [6.45, 7) is 22.9. The first-order valence-electron chi connectivity index (χ1n) is 30.0. The van der Waals surface area contributed by atoms with Crippen molar-refractivity contribution in [2.75, 3.05) is 0 Å². The molecular weight excluding hydrogens is 1010 g/mol. The van der Waals surface area contributed by atoms with Crippen LogP contribution >= 0.6 is 0 Å². The number of fused-ring (bicyclic) bond motifs is 6. The summed E-state index contributed by atoms with van der Waals surface area (Å²) in [6.07, 6.45) is 0. The molecule has 0 aromatic heterocycles. The minimum absolute atomic E-state index is 0.0854. The first-order chi connectivity index (χ1) is 40.6. The zero-order valence-corrected chi connectivity index (χ0v) is 50.1. The Morgan fingerprint density at radius 1 is 0.179 bits per heavy atom. The maximum absolute atomic E-state index is 2.39. The van der Waals surface area contributed by atoms with Crippen molar-refractivity contribution in [3.8, 4) is 77.9 Å². The van der Waals surface area contributed by atoms with Crippen LogP contribution in [0, 0.1) is 27.7 Å². The summed E-state index contributed by atoms with van der Waals surface area (Å²) in [5.41, 5.74) is 25.8. The molecule has 0 aliphatic rings. The summed E-state index contributed by atoms with van der Waals surface area (Å²) in [4.78, 5) is 0. The SMILES string of the molecule is Cc1cc(C(C)(C)C)cc(C)c1-c1ccc(-c2ccc(-c3ccc(-c4ccc(-c5ccc(-c6ccc(-c7c(C)cc(C(C)(C)C)cc7C)c7ccccc67)c6ccccc56)c5ccccc45)c4ccccc34)c3ccccc23)c2ccccc12. The highest BCUT2D eigenvalue weighted by Crippen LogP contribution is 2.48. The third kappa shape index (κ3) is 8.73. The molecule has 0 heteroatoms. The van der Waals surface area contributed by atoms with Crippen LogP contribution in [0.3, 0.4) is 0 Å². The lowest BCUT2D eigenvalue weighted by atomic mass is 9.81. The second kappa shape index (κ2) is 20.2. The molecule has 84 heavy (non-hydrogen) atoms. The van der Waals surface area contributed by atoms with Crippen molar-refractivity contribution in [1.82, 2.24) is 0 Å². The average Bonchev–Trinajstić information content (AvgIpc) is 2.15. The third-order valence-corrected chi connectivity index (χ3v) is 18.3. The van der Waals surface area contributed by atoms with E-state index in [0.717, 1.165) is 0 Å². The van der Waals surface area contributed by atoms with Crippen molar-refractivity contribution < 1.29 is 0 Å². The molecule has 0 nitrogen and oxygen atoms in total. The summed E-state index contributed by atoms with van der Waals surface area (Å²) in [7, 11) is 0. The fraction of sp³-hybridized carbons (Fsp3) is 0.143. The molecule has 0 radical (unpaired) electrons. The van der Waals surface area contributed by atoms with Crippen molar-refractivity contribution in [3.63, 3.8) is 0 Å². The Balaban J connectivity index is 0.854. The predicted molar refractivity (Wildman–Crippen MR) is 366 cm³/mol. The van der Waals surface area contributed by atoms with E-state index < -0.39 is 0 Å². The molecule has 0 saturated heterocycles. The van der Waals surface area contributed by atoms with Crippen LogP contribution in [0.15, 0.2) is 243 Å². The summed E-state index contributed by atoms with van der Waals surface area (Å²) >= 11 is 0. The minimum atomic E-state index is 0.0854. The van der Waals surface area contributed by atoms with E-state index in [9.17, 15) is 0 Å². The highest BCUT2D eigenvalue weighted by molar-refractivity contribution is 6.19. The Morgan fingerprint density at radius 3 is 0.452 bits per heavy atom. The van der Waals surface area contributed by atoms with E-state index in [1.165, 1.54) is 176 Å². The first-order valence-corrected chi connectivity index (χ1v) is 30.0. The van der Waals surface area contributed by atoms with Gasteiger partial charge >= 0.3 is 0 Å². The van der Waals surface area contributed by atoms with Gasteiger partial charge in [0.1, 0.15) is 0 Å². The van der Waals surface area contributed by atoms with Gasteiger partial charge in [0.15, 0.2) is 0 Å². The van der Waals surface area contributed by atoms with E-state index in [2.05, 4.69) is 312 Å². The fourth-order valence-electron chi connectivity index (χ4n) is 14.2. The molecule has 0 aliphatic heterocycles. The standard InChI is InChI=1S/C84H70/c1-51-47-55(83(5,6)7)48-52(2)81(51)79-45-43-77(65-31-19-21-33-67(65)79)75-41-39-73(61-27-15-17-29-63(61)75)71-37-35-69(57-23-11-13-25-59(57)71)70-36-38-72(60-26-14-12-24-58(60)70)74-40-42-76(64-30-18-16-28-62(64)74)78-44-46-80(68-34-22-20-32-66(68)78)82-53(3)49-56(50-54(82)4)84(8,9)10/h11-50H,1-10H3. The molecule has 0 heterocycles. The van der Waals surface area contributed by atoms with Gasteiger partial charge in [-0.25, -0.2) is 0 Å². The summed E-state index contributed by atoms with van der Waals surface area (Å²) in [5.74, 6) is 0. The molecule has 0 N–H and O–H groups in total. The second-order valence-corrected chi connectivity index (χ2v) is 25.7. The Labute approximate surface area is 495 Å². The normalized spacial score (nSPS) is 12.2. The summed E-state index contributed by atoms with van der Waals surface area (Å²) in [6, 6.07) is 92.0. The molecule has 0 spiro atoms. The topological polar surface area (TPSA) is 0 Å². The van der Waals surface area contributed by atoms with Crippen LogP contribution in [-0.2, 0) is 10.8 Å². The Kier molecular flexibility index (Phi) is 12.7. The van der Waals surface area contributed by atoms with Gasteiger partial charge in [0.05, 0.1) is 0 Å². The Morgan fingerprint density at radius 2 is 0.310 bits per heavy atom. The Bertz CT molecular complexity index is 4640. The van der Waals surface area contributed by atoms with Gasteiger partial charge in [-0.3, -0.25) is 0 Å². The fourth-order valence-corrected chi connectivity index (χ4v) is 14.2. The van der Waals surface area contributed by atoms with Gasteiger partial charge in [-0.2, -0.15) is 0 Å². The van der Waals surface area contributed by atoms with E-state index in [1.807, 2.05) is 0 Å². The molecule has 0 saturated carbocycles. The van der Waals surface area contributed by atoms with Crippen molar-refractivity contribution in [1.29, 1.82) is 0 Å². The van der Waals surface area contributed by atoms with E-state index in [4.69, 9.17) is 0 Å². The van der Waals surface area contributed by atoms with Crippen LogP contribution in [0.5, 0.6) is 0 Å². The minimum Gasteiger partial charge on any atom is -0.0616 e. The van der Waals surface area contributed by atoms with Gasteiger partial charge in [0, 0.05) is 0 Å². The van der Waals surface area contributed by atoms with Crippen molar-refractivity contribution in [2.24, 2.45) is 0 Å². The molecule has 0 atom stereocenters. The van der Waals surface area contributed by atoms with Crippen molar-refractivity contribution >= 4 is 64.6 Å². The molecule has 14 rings (SSSR count). The van der Waals surface area contributed by atoms with Gasteiger partial charge < -0.3 is 0 Å². The van der Waals surface area contributed by atoms with Gasteiger partial charge in [0.25, 0.3) is 0 Å². The zero-order chi connectivity index (χ0) is 57.8. The highest BCUT2D eigenvalue weighted by Gasteiger charge is 2.24. The van der Waals surface area contributed by atoms with Crippen molar-refractivity contribution in [3.05, 3.63) is 276 Å². The van der Waals surface area contributed by atoms with E-state index in [-0.39, 0.29) is 10.8 Å². The molecule has 14 aromatic carbocycles. The van der Waals surface area contributed by atoms with E-state index in [1.54, 1.807) is 0 Å². The summed E-state index contributed by atoms with van der Waals surface area (Å²) in [5, 5.41) is 15.0. The van der Waals surface area contributed by atoms with Crippen LogP contribution < -0.4 is 0 Å². The molecule has 0 unspecified atom stereocenters. The average molecular weight is 1080 g/mol. The molecule has 14 aromatic rings. The number of hydrogen-bond acceptors (Lipinski definition) is 0. The van der Waals surface area contributed by atoms with Crippen LogP contribution in [-0.4, -0.2) is 0 Å². The first kappa shape index (κ1) is 52.7. The quantitative estimate of drug-likeness (QED) is 0.149. The van der Waals surface area contributed by atoms with Crippen LogP contribution in [0.25, 0.3) is 143 Å². The third-order valence-electron chi connectivity index (χ3n) is 18.3. The maximum atomic E-state index is 2.39. The molecule has 0 fully saturated rings. The monoisotopic (exact) mass is 1080 g/mol. The largest absolute Gasteiger partial charge is 0.0616 e. The van der Waals surface area contributed by atoms with Crippen LogP contribution in [0.2, 0.25) is 0 Å². The van der Waals surface area contributed by atoms with Gasteiger partial charge in [-0.15, -0.1) is 0 Å². The lowest BCUT2D eigenvalue weighted by Gasteiger charge is -2.23. The molecule has 406 valence electrons. The molecule has 0 bridgehead atoms. The number of aryl methyl sites for hydroxylation is 4. The van der Waals surface area contributed by atoms with E-state index >= 15 is 0 Å². The highest BCUT2D eigenvalue weighted by atomic mass is 14.3. The Hall–Kier alpha value is -9.36. The number of benzene rings is 14. The van der Waals surface area contributed by atoms with Gasteiger partial charge in [-0.1, -0.05) is 284 Å². The van der Waals surface area contributed by atoms with Crippen LogP contribution in [0.1, 0.15) is 74.9 Å². The van der Waals surface area contributed by atoms with Gasteiger partial charge in [0.2, 0.25) is 0 Å². The second-order valence-electron chi connectivity index (χ2n) is 25.7. The lowest BCUT2D eigenvalue weighted by Crippen LogP contribution is -2.12. The zero-order valence-electron chi connectivity index (χ0n) is 50.1. The number of hydrogen-bond donors (Lipinski definition) is 0. The molecule has 0 aliphatic carbocycles. The number of rotatable bonds is 7. The van der Waals surface area contributed by atoms with Crippen LogP contribution in [0.4, 0.5) is 0 Å². The van der Waals surface area contributed by atoms with Gasteiger partial charge in [-0.05, 0) is 214 Å². The molecule has 0 amide bonds. The lowest BCUT2D eigenvalue weighted by molar-refractivity contribution is 0.589. The van der Waals surface area contributed by atoms with Crippen molar-refractivity contribution in [2.45, 2.75) is 80.1 Å². The maximum Gasteiger partial charge on any atom is -0.00987 e. The molecular formula is C84H70. The van der Waals surface area contributed by atoms with E-state index in [0.29, 0.717) is 0 Å².